The van der Waals surface area contributed by atoms with Gasteiger partial charge in [0, 0.05) is 45.0 Å². The van der Waals surface area contributed by atoms with E-state index in [4.69, 9.17) is 9.47 Å². The van der Waals surface area contributed by atoms with Gasteiger partial charge < -0.3 is 19.3 Å². The Balaban J connectivity index is 0.740. The quantitative estimate of drug-likeness (QED) is 0.0456. The zero-order valence-electron chi connectivity index (χ0n) is 56.9. The normalized spacial score (nSPS) is 14.6. The largest absolute Gasteiger partial charge is 0.494 e. The highest BCUT2D eigenvalue weighted by atomic mass is 16.5. The predicted octanol–water partition coefficient (Wildman–Crippen LogP) is 25.9. The first-order chi connectivity index (χ1) is 49.5. The van der Waals surface area contributed by atoms with Gasteiger partial charge in [-0.2, -0.15) is 0 Å². The fourth-order valence-electron chi connectivity index (χ4n) is 15.9. The lowest BCUT2D eigenvalue weighted by Gasteiger charge is -2.33. The van der Waals surface area contributed by atoms with Gasteiger partial charge in [-0.15, -0.1) is 0 Å². The van der Waals surface area contributed by atoms with Gasteiger partial charge in [0.25, 0.3) is 0 Å². The number of fused-ring (bicyclic) bond motifs is 6. The van der Waals surface area contributed by atoms with Crippen LogP contribution in [-0.2, 0) is 10.8 Å². The smallest absolute Gasteiger partial charge is 0.119 e. The number of ether oxygens (including phenoxy) is 2. The summed E-state index contributed by atoms with van der Waals surface area (Å²) in [5.41, 5.74) is 26.4. The minimum Gasteiger partial charge on any atom is -0.494 e. The number of benzene rings is 13. The molecule has 4 heteroatoms. The highest BCUT2D eigenvalue weighted by Gasteiger charge is 2.46. The zero-order valence-corrected chi connectivity index (χ0v) is 56.9. The maximum Gasteiger partial charge on any atom is 0.119 e. The van der Waals surface area contributed by atoms with E-state index >= 15 is 0 Å². The van der Waals surface area contributed by atoms with Crippen molar-refractivity contribution in [3.05, 3.63) is 385 Å². The van der Waals surface area contributed by atoms with Crippen molar-refractivity contribution >= 4 is 46.3 Å². The Kier molecular flexibility index (Phi) is 19.2. The maximum atomic E-state index is 6.17. The van der Waals surface area contributed by atoms with Crippen LogP contribution in [0.2, 0.25) is 0 Å². The van der Waals surface area contributed by atoms with Gasteiger partial charge >= 0.3 is 0 Å². The molecule has 2 atom stereocenters. The lowest BCUT2D eigenvalue weighted by atomic mass is 9.69. The van der Waals surface area contributed by atoms with E-state index in [9.17, 15) is 0 Å². The van der Waals surface area contributed by atoms with Crippen molar-refractivity contribution in [3.8, 4) is 56.0 Å². The molecule has 0 saturated carbocycles. The van der Waals surface area contributed by atoms with E-state index in [1.54, 1.807) is 0 Å². The average molecular weight is 1300 g/mol. The number of unbranched alkanes of at least 4 members (excludes halogenated alkanes) is 6. The second kappa shape index (κ2) is 29.7. The Morgan fingerprint density at radius 1 is 0.260 bits per heavy atom. The Morgan fingerprint density at radius 3 is 0.930 bits per heavy atom. The van der Waals surface area contributed by atoms with Crippen LogP contribution in [0.1, 0.15) is 109 Å². The molecular formula is C96H84N2O2. The Hall–Kier alpha value is -11.5. The molecule has 490 valence electrons. The molecule has 0 fully saturated rings. The minimum atomic E-state index is -0.301. The van der Waals surface area contributed by atoms with Gasteiger partial charge in [-0.25, -0.2) is 0 Å². The molecule has 0 aliphatic heterocycles. The van der Waals surface area contributed by atoms with Gasteiger partial charge in [0.2, 0.25) is 0 Å². The molecule has 0 heterocycles. The summed E-state index contributed by atoms with van der Waals surface area (Å²) in [6.07, 6.45) is 14.4. The monoisotopic (exact) mass is 1300 g/mol. The van der Waals surface area contributed by atoms with Crippen molar-refractivity contribution in [1.82, 2.24) is 0 Å². The SMILES string of the molecule is C=Cc1ccc(OCCCCCCC2(c3ccccc3)c3ccccc3-c3ccc(-c4ccc(N(c5ccc(-c6ccc7c(c6)C(CCCCCCOc6ccc(C=C)cc6)(c6ccccc6)c6ccccc6-7)cc5)c5ccc(N(c6ccccc6)c6ccccc6)cc5)cc4)cc32)cc1. The molecule has 4 nitrogen and oxygen atoms in total. The first kappa shape index (κ1) is 64.5. The Morgan fingerprint density at radius 2 is 0.560 bits per heavy atom. The highest BCUT2D eigenvalue weighted by Crippen LogP contribution is 2.58. The first-order valence-electron chi connectivity index (χ1n) is 35.8. The summed E-state index contributed by atoms with van der Waals surface area (Å²) in [5.74, 6) is 1.82. The van der Waals surface area contributed by atoms with Crippen LogP contribution in [0.15, 0.2) is 341 Å². The Labute approximate surface area is 591 Å². The number of hydrogen-bond donors (Lipinski definition) is 0. The van der Waals surface area contributed by atoms with Gasteiger partial charge in [-0.1, -0.05) is 282 Å². The summed E-state index contributed by atoms with van der Waals surface area (Å²) in [6, 6.07) is 121. The van der Waals surface area contributed by atoms with Gasteiger partial charge in [0.1, 0.15) is 11.5 Å². The third-order valence-electron chi connectivity index (χ3n) is 20.8. The second-order valence-electron chi connectivity index (χ2n) is 26.7. The lowest BCUT2D eigenvalue weighted by molar-refractivity contribution is 0.303. The second-order valence-corrected chi connectivity index (χ2v) is 26.7. The van der Waals surface area contributed by atoms with E-state index in [2.05, 4.69) is 326 Å². The number of rotatable bonds is 28. The van der Waals surface area contributed by atoms with Crippen LogP contribution in [0, 0.1) is 0 Å². The maximum absolute atomic E-state index is 6.17. The lowest BCUT2D eigenvalue weighted by Crippen LogP contribution is -2.27. The summed E-state index contributed by atoms with van der Waals surface area (Å²) < 4.78 is 12.3. The van der Waals surface area contributed by atoms with E-state index in [1.807, 2.05) is 36.4 Å². The van der Waals surface area contributed by atoms with Crippen LogP contribution in [-0.4, -0.2) is 13.2 Å². The summed E-state index contributed by atoms with van der Waals surface area (Å²) in [5, 5.41) is 0. The van der Waals surface area contributed by atoms with Crippen LogP contribution in [0.25, 0.3) is 56.7 Å². The van der Waals surface area contributed by atoms with Crippen LogP contribution in [0.3, 0.4) is 0 Å². The summed E-state index contributed by atoms with van der Waals surface area (Å²) >= 11 is 0. The van der Waals surface area contributed by atoms with Gasteiger partial charge in [0.15, 0.2) is 0 Å². The van der Waals surface area contributed by atoms with E-state index in [0.717, 1.165) is 121 Å². The molecule has 0 saturated heterocycles. The minimum absolute atomic E-state index is 0.301. The third-order valence-corrected chi connectivity index (χ3v) is 20.8. The molecule has 0 amide bonds. The summed E-state index contributed by atoms with van der Waals surface area (Å²) in [4.78, 5) is 4.73. The zero-order chi connectivity index (χ0) is 67.5. The number of nitrogens with zero attached hydrogens (tertiary/aromatic N) is 2. The van der Waals surface area contributed by atoms with Crippen molar-refractivity contribution in [2.75, 3.05) is 23.0 Å². The molecular weight excluding hydrogens is 1210 g/mol. The molecule has 0 aromatic heterocycles. The fraction of sp³-hybridized carbons (Fsp3) is 0.146. The molecule has 2 unspecified atom stereocenters. The molecule has 2 aliphatic carbocycles. The van der Waals surface area contributed by atoms with Gasteiger partial charge in [-0.3, -0.25) is 0 Å². The third kappa shape index (κ3) is 13.0. The van der Waals surface area contributed by atoms with Crippen molar-refractivity contribution in [1.29, 1.82) is 0 Å². The molecule has 0 bridgehead atoms. The van der Waals surface area contributed by atoms with E-state index in [0.29, 0.717) is 13.2 Å². The number of hydrogen-bond acceptors (Lipinski definition) is 4. The van der Waals surface area contributed by atoms with Crippen LogP contribution >= 0.6 is 0 Å². The molecule has 0 spiro atoms. The summed E-state index contributed by atoms with van der Waals surface area (Å²) in [6.45, 7) is 9.21. The molecule has 0 radical (unpaired) electrons. The highest BCUT2D eigenvalue weighted by molar-refractivity contribution is 5.89. The fourth-order valence-corrected chi connectivity index (χ4v) is 15.9. The van der Waals surface area contributed by atoms with Crippen LogP contribution in [0.5, 0.6) is 11.5 Å². The Bertz CT molecular complexity index is 4610. The van der Waals surface area contributed by atoms with E-state index < -0.39 is 0 Å². The molecule has 13 aromatic carbocycles. The topological polar surface area (TPSA) is 24.9 Å². The molecule has 0 N–H and O–H groups in total. The van der Waals surface area contributed by atoms with Crippen molar-refractivity contribution in [2.45, 2.75) is 75.0 Å². The van der Waals surface area contributed by atoms with Crippen LogP contribution < -0.4 is 19.3 Å². The van der Waals surface area contributed by atoms with Crippen LogP contribution in [0.4, 0.5) is 34.1 Å². The molecule has 100 heavy (non-hydrogen) atoms. The average Bonchev–Trinajstić information content (AvgIpc) is 1.62. The molecule has 2 aliphatic rings. The predicted molar refractivity (Wildman–Crippen MR) is 420 cm³/mol. The standard InChI is InChI=1S/C96H84N2O2/c1-3-71-41-59-85(60-42-71)99-67-27-7-5-25-65-95(77-29-13-9-14-30-77)91-39-23-21-37-87(91)89-63-49-75(69-93(89)95)73-45-51-81(52-46-73)98(84-57-55-83(56-58-84)97(79-33-17-11-18-34-79)80-35-19-12-20-36-80)82-53-47-74(48-54-82)76-50-64-90-88-38-22-24-40-92(88)96(94(90)70-76,78-31-15-10-16-32-78)66-26-6-8-28-68-100-86-61-43-72(4-2)44-62-86/h3-4,9-24,29-64,69-70H,1-2,5-8,25-28,65-68H2. The van der Waals surface area contributed by atoms with Crippen molar-refractivity contribution < 1.29 is 9.47 Å². The summed E-state index contributed by atoms with van der Waals surface area (Å²) in [7, 11) is 0. The number of para-hydroxylation sites is 2. The van der Waals surface area contributed by atoms with Crippen molar-refractivity contribution in [3.63, 3.8) is 0 Å². The van der Waals surface area contributed by atoms with Crippen molar-refractivity contribution in [2.24, 2.45) is 0 Å². The van der Waals surface area contributed by atoms with E-state index in [1.165, 1.54) is 77.9 Å². The number of anilines is 6. The van der Waals surface area contributed by atoms with Gasteiger partial charge in [0.05, 0.1) is 13.2 Å². The molecule has 15 rings (SSSR count). The molecule has 13 aromatic rings. The van der Waals surface area contributed by atoms with E-state index in [-0.39, 0.29) is 10.8 Å². The van der Waals surface area contributed by atoms with Gasteiger partial charge in [-0.05, 0) is 224 Å². The first-order valence-corrected chi connectivity index (χ1v) is 35.8.